The number of hydrogen-bond acceptors (Lipinski definition) is 4. The van der Waals surface area contributed by atoms with Gasteiger partial charge in [-0.15, -0.1) is 0 Å². The Labute approximate surface area is 116 Å². The van der Waals surface area contributed by atoms with Crippen LogP contribution in [0.25, 0.3) is 0 Å². The van der Waals surface area contributed by atoms with Gasteiger partial charge in [0.2, 0.25) is 0 Å². The number of rotatable bonds is 4. The summed E-state index contributed by atoms with van der Waals surface area (Å²) in [6.45, 7) is 5.91. The first-order valence-electron chi connectivity index (χ1n) is 4.44. The van der Waals surface area contributed by atoms with Gasteiger partial charge in [-0.05, 0) is 0 Å². The Morgan fingerprint density at radius 1 is 0.706 bits per heavy atom. The Kier molecular flexibility index (Phi) is 31.1. The molecular formula is C10H16O6Ti. The maximum atomic E-state index is 10.2. The van der Waals surface area contributed by atoms with Crippen molar-refractivity contribution in [3.63, 3.8) is 0 Å². The molecule has 0 saturated carbocycles. The molecule has 0 aliphatic carbocycles. The number of Topliss-reactive ketones (excluding diaryl/α,β-unsaturated/α-hetero) is 4. The van der Waals surface area contributed by atoms with Crippen LogP contribution >= 0.6 is 0 Å². The van der Waals surface area contributed by atoms with Crippen LogP contribution in [-0.4, -0.2) is 23.1 Å². The average molecular weight is 280 g/mol. The number of carbonyl (C=O) groups is 4. The van der Waals surface area contributed by atoms with E-state index < -0.39 is 0 Å². The van der Waals surface area contributed by atoms with Gasteiger partial charge in [0.15, 0.2) is 23.1 Å². The van der Waals surface area contributed by atoms with Crippen molar-refractivity contribution in [1.29, 1.82) is 0 Å². The van der Waals surface area contributed by atoms with Crippen molar-refractivity contribution >= 4 is 23.1 Å². The van der Waals surface area contributed by atoms with Gasteiger partial charge in [0.1, 0.15) is 0 Å². The topological polar surface area (TPSA) is 125 Å². The summed E-state index contributed by atoms with van der Waals surface area (Å²) in [5, 5.41) is 0. The maximum absolute atomic E-state index is 10.2. The monoisotopic (exact) mass is 280 g/mol. The molecule has 17 heavy (non-hydrogen) atoms. The van der Waals surface area contributed by atoms with Crippen LogP contribution < -0.4 is 0 Å². The van der Waals surface area contributed by atoms with Crippen molar-refractivity contribution in [3.05, 3.63) is 0 Å². The van der Waals surface area contributed by atoms with Crippen molar-refractivity contribution in [1.82, 2.24) is 0 Å². The molecule has 0 N–H and O–H groups in total. The largest absolute Gasteiger partial charge is 4.00 e. The SMILES string of the molecule is CCC(=O)C(C)=O.CCC(=O)C(C)=O.[O-2].[O-2].[Ti+4]. The van der Waals surface area contributed by atoms with E-state index in [2.05, 4.69) is 0 Å². The van der Waals surface area contributed by atoms with Gasteiger partial charge in [-0.25, -0.2) is 0 Å². The Bertz CT molecular complexity index is 223. The van der Waals surface area contributed by atoms with Gasteiger partial charge in [-0.2, -0.15) is 0 Å². The molecule has 0 radical (unpaired) electrons. The zero-order valence-corrected chi connectivity index (χ0v) is 11.9. The van der Waals surface area contributed by atoms with E-state index in [4.69, 9.17) is 0 Å². The van der Waals surface area contributed by atoms with Gasteiger partial charge in [-0.3, -0.25) is 19.2 Å². The molecule has 0 spiro atoms. The van der Waals surface area contributed by atoms with E-state index >= 15 is 0 Å². The summed E-state index contributed by atoms with van der Waals surface area (Å²) in [6.07, 6.45) is 0.657. The standard InChI is InChI=1S/2C5H8O2.2O.Ti/c2*1-3-5(7)4(2)6;;;/h2*3H2,1-2H3;;;/q;;2*-2;+4. The van der Waals surface area contributed by atoms with Gasteiger partial charge in [0.05, 0.1) is 0 Å². The summed E-state index contributed by atoms with van der Waals surface area (Å²) in [6, 6.07) is 0. The Balaban J connectivity index is -0.0000000480. The first-order valence-corrected chi connectivity index (χ1v) is 4.44. The first-order chi connectivity index (χ1) is 6.36. The summed E-state index contributed by atoms with van der Waals surface area (Å²) in [5.41, 5.74) is 0. The first kappa shape index (κ1) is 29.9. The molecule has 0 saturated heterocycles. The van der Waals surface area contributed by atoms with E-state index in [0.717, 1.165) is 0 Å². The van der Waals surface area contributed by atoms with Crippen molar-refractivity contribution in [2.24, 2.45) is 0 Å². The zero-order chi connectivity index (χ0) is 11.7. The van der Waals surface area contributed by atoms with E-state index in [0.29, 0.717) is 12.8 Å². The molecule has 0 aromatic carbocycles. The Morgan fingerprint density at radius 2 is 0.882 bits per heavy atom. The van der Waals surface area contributed by atoms with E-state index in [1.807, 2.05) is 0 Å². The minimum Gasteiger partial charge on any atom is -2.00 e. The molecular weight excluding hydrogens is 264 g/mol. The van der Waals surface area contributed by atoms with Crippen LogP contribution in [0.2, 0.25) is 0 Å². The van der Waals surface area contributed by atoms with E-state index in [-0.39, 0.29) is 55.8 Å². The summed E-state index contributed by atoms with van der Waals surface area (Å²) in [7, 11) is 0. The molecule has 0 unspecified atom stereocenters. The molecule has 0 amide bonds. The number of ketones is 4. The molecule has 0 fully saturated rings. The van der Waals surface area contributed by atoms with E-state index in [1.54, 1.807) is 13.8 Å². The summed E-state index contributed by atoms with van der Waals surface area (Å²) in [4.78, 5) is 40.4. The van der Waals surface area contributed by atoms with Gasteiger partial charge < -0.3 is 11.0 Å². The van der Waals surface area contributed by atoms with Gasteiger partial charge in [-0.1, -0.05) is 13.8 Å². The quantitative estimate of drug-likeness (QED) is 0.559. The molecule has 0 aliphatic heterocycles. The molecule has 0 aromatic rings. The molecule has 0 aliphatic rings. The summed E-state index contributed by atoms with van der Waals surface area (Å²) < 4.78 is 0. The number of carbonyl (C=O) groups excluding carboxylic acids is 4. The Hall–Kier alpha value is -0.686. The van der Waals surface area contributed by atoms with E-state index in [9.17, 15) is 19.2 Å². The van der Waals surface area contributed by atoms with Gasteiger partial charge in [0, 0.05) is 26.7 Å². The predicted molar refractivity (Wildman–Crippen MR) is 53.3 cm³/mol. The van der Waals surface area contributed by atoms with Gasteiger partial charge in [0.25, 0.3) is 0 Å². The molecule has 0 heterocycles. The van der Waals surface area contributed by atoms with E-state index in [1.165, 1.54) is 13.8 Å². The third kappa shape index (κ3) is 21.2. The second kappa shape index (κ2) is 17.7. The van der Waals surface area contributed by atoms with Crippen molar-refractivity contribution in [3.8, 4) is 0 Å². The van der Waals surface area contributed by atoms with Crippen molar-refractivity contribution < 1.29 is 51.8 Å². The van der Waals surface area contributed by atoms with Gasteiger partial charge >= 0.3 is 21.7 Å². The van der Waals surface area contributed by atoms with Crippen LogP contribution in [0, 0.1) is 0 Å². The van der Waals surface area contributed by atoms with Crippen LogP contribution in [-0.2, 0) is 51.8 Å². The maximum Gasteiger partial charge on any atom is 4.00 e. The fourth-order valence-electron chi connectivity index (χ4n) is 0.498. The molecule has 96 valence electrons. The zero-order valence-electron chi connectivity index (χ0n) is 10.4. The minimum absolute atomic E-state index is 0. The normalized spacial score (nSPS) is 6.82. The van der Waals surface area contributed by atoms with Crippen molar-refractivity contribution in [2.45, 2.75) is 40.5 Å². The van der Waals surface area contributed by atoms with Crippen molar-refractivity contribution in [2.75, 3.05) is 0 Å². The molecule has 0 aromatic heterocycles. The predicted octanol–water partition coefficient (Wildman–Crippen LogP) is 0.869. The second-order valence-electron chi connectivity index (χ2n) is 2.67. The summed E-state index contributed by atoms with van der Waals surface area (Å²) >= 11 is 0. The summed E-state index contributed by atoms with van der Waals surface area (Å²) in [5.74, 6) is -1.27. The van der Waals surface area contributed by atoms with Crippen LogP contribution in [0.5, 0.6) is 0 Å². The molecule has 0 bridgehead atoms. The third-order valence-corrected chi connectivity index (χ3v) is 1.43. The van der Waals surface area contributed by atoms with Crippen LogP contribution in [0.3, 0.4) is 0 Å². The fourth-order valence-corrected chi connectivity index (χ4v) is 0.498. The number of hydrogen-bond donors (Lipinski definition) is 0. The average Bonchev–Trinajstić information content (AvgIpc) is 2.15. The second-order valence-corrected chi connectivity index (χ2v) is 2.67. The molecule has 6 nitrogen and oxygen atoms in total. The molecule has 0 atom stereocenters. The molecule has 7 heteroatoms. The fraction of sp³-hybridized carbons (Fsp3) is 0.600. The minimum atomic E-state index is -0.345. The van der Waals surface area contributed by atoms with Crippen LogP contribution in [0.4, 0.5) is 0 Å². The third-order valence-electron chi connectivity index (χ3n) is 1.43. The van der Waals surface area contributed by atoms with Crippen LogP contribution in [0.1, 0.15) is 40.5 Å². The Morgan fingerprint density at radius 3 is 0.882 bits per heavy atom. The molecule has 0 rings (SSSR count). The smallest absolute Gasteiger partial charge is 2.00 e. The van der Waals surface area contributed by atoms with Crippen LogP contribution in [0.15, 0.2) is 0 Å².